The number of aryl methyl sites for hydroxylation is 2. The average molecular weight is 569 g/mol. The van der Waals surface area contributed by atoms with E-state index in [-0.39, 0.29) is 34.5 Å². The third-order valence-electron chi connectivity index (χ3n) is 7.08. The van der Waals surface area contributed by atoms with Crippen LogP contribution in [0.25, 0.3) is 0 Å². The van der Waals surface area contributed by atoms with Gasteiger partial charge in [-0.3, -0.25) is 0 Å². The molecule has 0 aliphatic carbocycles. The van der Waals surface area contributed by atoms with Gasteiger partial charge in [-0.25, -0.2) is 8.42 Å². The summed E-state index contributed by atoms with van der Waals surface area (Å²) < 4.78 is 33.5. The van der Waals surface area contributed by atoms with E-state index in [1.807, 2.05) is 18.2 Å². The molecule has 39 heavy (non-hydrogen) atoms. The van der Waals surface area contributed by atoms with Crippen molar-refractivity contribution in [1.29, 1.82) is 0 Å². The average Bonchev–Trinajstić information content (AvgIpc) is 2.90. The largest absolute Gasteiger partial charge is 1.00 e. The standard InChI is InChI=1S/C18H30O3S.C15H24O.Na/c1-2-3-4-5-6-7-8-9-10-11-14-17-15-12-13-16-18(17)22(19,20)21;1-2-3-4-5-6-7-8-11-14-12-9-10-13-15(14)16;/h12-13,15-16H,2-11,14H2,1H3,(H,19,20,21);9-10,12-13,16H,2-8,11H2,1H3;/q;;+1/p-1. The van der Waals surface area contributed by atoms with Gasteiger partial charge in [-0.1, -0.05) is 147 Å². The predicted molar refractivity (Wildman–Crippen MR) is 160 cm³/mol. The van der Waals surface area contributed by atoms with Crippen LogP contribution in [0.15, 0.2) is 53.4 Å². The van der Waals surface area contributed by atoms with Crippen molar-refractivity contribution in [3.05, 3.63) is 59.7 Å². The van der Waals surface area contributed by atoms with Crippen molar-refractivity contribution in [3.63, 3.8) is 0 Å². The smallest absolute Gasteiger partial charge is 0.744 e. The van der Waals surface area contributed by atoms with Crippen molar-refractivity contribution in [2.75, 3.05) is 0 Å². The Bertz CT molecular complexity index is 946. The first-order valence-electron chi connectivity index (χ1n) is 15.2. The minimum atomic E-state index is -4.35. The van der Waals surface area contributed by atoms with E-state index in [0.717, 1.165) is 24.8 Å². The van der Waals surface area contributed by atoms with Gasteiger partial charge in [-0.2, -0.15) is 0 Å². The number of hydrogen-bond acceptors (Lipinski definition) is 4. The first-order valence-corrected chi connectivity index (χ1v) is 16.6. The molecule has 4 nitrogen and oxygen atoms in total. The van der Waals surface area contributed by atoms with Crippen LogP contribution in [0.1, 0.15) is 134 Å². The zero-order valence-electron chi connectivity index (χ0n) is 25.1. The molecule has 0 aromatic heterocycles. The van der Waals surface area contributed by atoms with E-state index in [9.17, 15) is 18.1 Å². The molecule has 0 aliphatic rings. The summed E-state index contributed by atoms with van der Waals surface area (Å²) in [5, 5.41) is 9.58. The Kier molecular flexibility index (Phi) is 24.4. The third kappa shape index (κ3) is 19.8. The zero-order valence-corrected chi connectivity index (χ0v) is 28.0. The van der Waals surface area contributed by atoms with Gasteiger partial charge in [0.05, 0.1) is 4.90 Å². The van der Waals surface area contributed by atoms with Crippen molar-refractivity contribution in [2.24, 2.45) is 0 Å². The molecular formula is C33H53NaO4S. The van der Waals surface area contributed by atoms with Gasteiger partial charge in [-0.05, 0) is 48.9 Å². The molecule has 2 aromatic carbocycles. The van der Waals surface area contributed by atoms with Gasteiger partial charge in [0.1, 0.15) is 15.9 Å². The molecule has 6 heteroatoms. The molecule has 2 aromatic rings. The Labute approximate surface area is 262 Å². The molecule has 1 N–H and O–H groups in total. The molecule has 0 unspecified atom stereocenters. The molecule has 0 aliphatic heterocycles. The van der Waals surface area contributed by atoms with E-state index >= 15 is 0 Å². The predicted octanol–water partition coefficient (Wildman–Crippen LogP) is 6.74. The molecule has 0 saturated heterocycles. The van der Waals surface area contributed by atoms with Crippen molar-refractivity contribution < 1.29 is 47.6 Å². The fourth-order valence-electron chi connectivity index (χ4n) is 4.75. The molecule has 0 spiro atoms. The second-order valence-electron chi connectivity index (χ2n) is 10.5. The molecule has 0 amide bonds. The maximum absolute atomic E-state index is 11.2. The van der Waals surface area contributed by atoms with Crippen LogP contribution in [0, 0.1) is 0 Å². The zero-order chi connectivity index (χ0) is 27.9. The molecule has 0 saturated carbocycles. The number of phenolic OH excluding ortho intramolecular Hbond substituents is 1. The quantitative estimate of drug-likeness (QED) is 0.109. The topological polar surface area (TPSA) is 77.4 Å². The Morgan fingerprint density at radius 2 is 0.923 bits per heavy atom. The van der Waals surface area contributed by atoms with Crippen LogP contribution < -0.4 is 29.6 Å². The van der Waals surface area contributed by atoms with Crippen molar-refractivity contribution in [1.82, 2.24) is 0 Å². The van der Waals surface area contributed by atoms with Crippen LogP contribution in [-0.2, 0) is 23.0 Å². The molecule has 216 valence electrons. The Hall–Kier alpha value is -0.850. The van der Waals surface area contributed by atoms with E-state index in [1.165, 1.54) is 102 Å². The van der Waals surface area contributed by atoms with Crippen LogP contribution in [0.5, 0.6) is 5.75 Å². The van der Waals surface area contributed by atoms with Gasteiger partial charge >= 0.3 is 29.6 Å². The molecule has 0 heterocycles. The molecule has 0 radical (unpaired) electrons. The molecule has 0 bridgehead atoms. The van der Waals surface area contributed by atoms with Crippen LogP contribution in [0.2, 0.25) is 0 Å². The first-order chi connectivity index (χ1) is 18.4. The maximum atomic E-state index is 11.2. The van der Waals surface area contributed by atoms with Gasteiger partial charge < -0.3 is 9.66 Å². The number of rotatable bonds is 20. The van der Waals surface area contributed by atoms with Gasteiger partial charge in [-0.15, -0.1) is 0 Å². The second kappa shape index (κ2) is 24.9. The van der Waals surface area contributed by atoms with Crippen molar-refractivity contribution >= 4 is 10.1 Å². The van der Waals surface area contributed by atoms with Crippen LogP contribution in [-0.4, -0.2) is 18.1 Å². The van der Waals surface area contributed by atoms with E-state index in [4.69, 9.17) is 0 Å². The van der Waals surface area contributed by atoms with E-state index in [1.54, 1.807) is 24.3 Å². The van der Waals surface area contributed by atoms with E-state index in [0.29, 0.717) is 17.7 Å². The van der Waals surface area contributed by atoms with E-state index < -0.39 is 10.1 Å². The van der Waals surface area contributed by atoms with Crippen molar-refractivity contribution in [3.8, 4) is 5.75 Å². The summed E-state index contributed by atoms with van der Waals surface area (Å²) in [6, 6.07) is 14.2. The van der Waals surface area contributed by atoms with Crippen molar-refractivity contribution in [2.45, 2.75) is 141 Å². The summed E-state index contributed by atoms with van der Waals surface area (Å²) in [4.78, 5) is -0.0501. The molecular weight excluding hydrogens is 515 g/mol. The van der Waals surface area contributed by atoms with Gasteiger partial charge in [0.15, 0.2) is 0 Å². The minimum Gasteiger partial charge on any atom is -0.744 e. The number of unbranched alkanes of at least 4 members (excludes halogenated alkanes) is 15. The van der Waals surface area contributed by atoms with Gasteiger partial charge in [0.2, 0.25) is 0 Å². The monoisotopic (exact) mass is 568 g/mol. The van der Waals surface area contributed by atoms with Gasteiger partial charge in [0.25, 0.3) is 0 Å². The number of benzene rings is 2. The number of aromatic hydroxyl groups is 1. The fourth-order valence-corrected chi connectivity index (χ4v) is 5.49. The summed E-state index contributed by atoms with van der Waals surface area (Å²) in [6.07, 6.45) is 23.4. The summed E-state index contributed by atoms with van der Waals surface area (Å²) >= 11 is 0. The third-order valence-corrected chi connectivity index (χ3v) is 8.02. The Morgan fingerprint density at radius 1 is 0.564 bits per heavy atom. The molecule has 2 rings (SSSR count). The molecule has 0 atom stereocenters. The van der Waals surface area contributed by atoms with Crippen LogP contribution in [0.4, 0.5) is 0 Å². The number of para-hydroxylation sites is 1. The van der Waals surface area contributed by atoms with Gasteiger partial charge in [0, 0.05) is 0 Å². The second-order valence-corrected chi connectivity index (χ2v) is 11.8. The first kappa shape index (κ1) is 38.1. The van der Waals surface area contributed by atoms with Crippen LogP contribution in [0.3, 0.4) is 0 Å². The maximum Gasteiger partial charge on any atom is 1.00 e. The SMILES string of the molecule is CCCCCCCCCCCCc1ccccc1S(=O)(=O)[O-].CCCCCCCCCc1ccccc1O.[Na+]. The Morgan fingerprint density at radius 3 is 1.36 bits per heavy atom. The van der Waals surface area contributed by atoms with E-state index in [2.05, 4.69) is 13.8 Å². The summed E-state index contributed by atoms with van der Waals surface area (Å²) in [5.74, 6) is 0.452. The molecule has 0 fully saturated rings. The normalized spacial score (nSPS) is 10.9. The number of phenols is 1. The summed E-state index contributed by atoms with van der Waals surface area (Å²) in [5.41, 5.74) is 1.76. The number of hydrogen-bond donors (Lipinski definition) is 1. The summed E-state index contributed by atoms with van der Waals surface area (Å²) in [6.45, 7) is 4.48. The Balaban J connectivity index is 0.000000756. The fraction of sp³-hybridized carbons (Fsp3) is 0.636. The summed E-state index contributed by atoms with van der Waals surface area (Å²) in [7, 11) is -4.35. The minimum absolute atomic E-state index is 0. The van der Waals surface area contributed by atoms with Crippen LogP contribution >= 0.6 is 0 Å².